The van der Waals surface area contributed by atoms with Gasteiger partial charge in [0.15, 0.2) is 10.8 Å². The highest BCUT2D eigenvalue weighted by Gasteiger charge is 2.17. The van der Waals surface area contributed by atoms with E-state index in [-0.39, 0.29) is 5.82 Å². The van der Waals surface area contributed by atoms with E-state index in [0.717, 1.165) is 66.4 Å². The molecule has 0 spiro atoms. The maximum Gasteiger partial charge on any atom is 0.195 e. The Morgan fingerprint density at radius 3 is 2.90 bits per heavy atom. The van der Waals surface area contributed by atoms with Gasteiger partial charge in [-0.3, -0.25) is 9.30 Å². The summed E-state index contributed by atoms with van der Waals surface area (Å²) < 4.78 is 18.0. The summed E-state index contributed by atoms with van der Waals surface area (Å²) in [5.74, 6) is 0.851. The van der Waals surface area contributed by atoms with Gasteiger partial charge >= 0.3 is 0 Å². The average Bonchev–Trinajstić information content (AvgIpc) is 3.38. The number of fused-ring (bicyclic) bond motifs is 2. The van der Waals surface area contributed by atoms with E-state index in [9.17, 15) is 4.39 Å². The van der Waals surface area contributed by atoms with E-state index >= 15 is 0 Å². The number of pyridine rings is 1. The van der Waals surface area contributed by atoms with Crippen molar-refractivity contribution in [2.75, 3.05) is 25.4 Å². The van der Waals surface area contributed by atoms with E-state index in [1.807, 2.05) is 34.9 Å². The van der Waals surface area contributed by atoms with Crippen LogP contribution in [0, 0.1) is 5.82 Å². The summed E-state index contributed by atoms with van der Waals surface area (Å²) >= 11 is 1.76. The van der Waals surface area contributed by atoms with Crippen LogP contribution in [0.25, 0.3) is 22.2 Å². The van der Waals surface area contributed by atoms with E-state index in [0.29, 0.717) is 0 Å². The van der Waals surface area contributed by atoms with Crippen LogP contribution in [0.5, 0.6) is 0 Å². The lowest BCUT2D eigenvalue weighted by atomic mass is 10.1. The van der Waals surface area contributed by atoms with Gasteiger partial charge in [0.25, 0.3) is 0 Å². The summed E-state index contributed by atoms with van der Waals surface area (Å²) in [6, 6.07) is 13.2. The number of aryl methyl sites for hydroxylation is 1. The van der Waals surface area contributed by atoms with Crippen LogP contribution in [-0.2, 0) is 6.42 Å². The van der Waals surface area contributed by atoms with Gasteiger partial charge in [0.1, 0.15) is 5.82 Å². The second kappa shape index (κ2) is 8.85. The van der Waals surface area contributed by atoms with Crippen LogP contribution < -0.4 is 0 Å². The van der Waals surface area contributed by atoms with Gasteiger partial charge < -0.3 is 4.57 Å². The molecule has 0 saturated heterocycles. The number of aromatic nitrogens is 4. The van der Waals surface area contributed by atoms with Crippen LogP contribution in [0.15, 0.2) is 59.9 Å². The fraction of sp³-hybridized carbons (Fsp3) is 0.333. The molecule has 1 aromatic carbocycles. The fourth-order valence-electron chi connectivity index (χ4n) is 4.32. The summed E-state index contributed by atoms with van der Waals surface area (Å²) in [5, 5.41) is 10.4. The van der Waals surface area contributed by atoms with Crippen molar-refractivity contribution >= 4 is 34.0 Å². The fourth-order valence-corrected chi connectivity index (χ4v) is 5.17. The van der Waals surface area contributed by atoms with Crippen LogP contribution in [0.2, 0.25) is 0 Å². The molecule has 0 bridgehead atoms. The lowest BCUT2D eigenvalue weighted by Gasteiger charge is -2.27. The second-order valence-electron chi connectivity index (χ2n) is 7.89. The molecular formula is C24H26FN5S. The van der Waals surface area contributed by atoms with Gasteiger partial charge in [0, 0.05) is 48.2 Å². The maximum absolute atomic E-state index is 13.6. The molecule has 0 saturated carbocycles. The lowest BCUT2D eigenvalue weighted by Crippen LogP contribution is -2.30. The number of benzene rings is 1. The van der Waals surface area contributed by atoms with E-state index in [2.05, 4.69) is 38.7 Å². The Morgan fingerprint density at radius 2 is 2.06 bits per heavy atom. The molecule has 1 aliphatic heterocycles. The smallest absolute Gasteiger partial charge is 0.195 e. The van der Waals surface area contributed by atoms with Crippen molar-refractivity contribution in [3.8, 4) is 0 Å². The molecule has 5 rings (SSSR count). The Hall–Kier alpha value is -2.64. The summed E-state index contributed by atoms with van der Waals surface area (Å²) in [6.07, 6.45) is 7.41. The highest BCUT2D eigenvalue weighted by molar-refractivity contribution is 7.99. The Kier molecular flexibility index (Phi) is 5.78. The number of rotatable bonds is 7. The van der Waals surface area contributed by atoms with Crippen LogP contribution in [0.1, 0.15) is 25.5 Å². The first-order chi connectivity index (χ1) is 15.2. The summed E-state index contributed by atoms with van der Waals surface area (Å²) in [6.45, 7) is 5.24. The molecule has 31 heavy (non-hydrogen) atoms. The zero-order chi connectivity index (χ0) is 21.2. The Balaban J connectivity index is 1.19. The Labute approximate surface area is 185 Å². The van der Waals surface area contributed by atoms with E-state index in [1.165, 1.54) is 11.4 Å². The molecule has 0 aliphatic carbocycles. The van der Waals surface area contributed by atoms with Gasteiger partial charge in [-0.25, -0.2) is 4.39 Å². The van der Waals surface area contributed by atoms with Gasteiger partial charge in [-0.2, -0.15) is 0 Å². The molecule has 0 fully saturated rings. The zero-order valence-electron chi connectivity index (χ0n) is 17.7. The normalized spacial score (nSPS) is 15.1. The Bertz CT molecular complexity index is 1240. The van der Waals surface area contributed by atoms with Gasteiger partial charge in [-0.05, 0) is 55.8 Å². The number of thioether (sulfide) groups is 1. The van der Waals surface area contributed by atoms with Crippen molar-refractivity contribution < 1.29 is 4.39 Å². The number of halogens is 1. The van der Waals surface area contributed by atoms with E-state index in [4.69, 9.17) is 0 Å². The standard InChI is InChI=1S/C24H26FN5S/c1-2-20-17-18-16-19(25)7-8-22(18)30(20)21-9-13-28(14-10-21)11-5-15-31-24-27-26-23-6-3-4-12-29(23)24/h3-4,6-9,12,16-17H,2,5,10-11,13-15H2,1H3. The number of hydrogen-bond donors (Lipinski definition) is 0. The molecular weight excluding hydrogens is 409 g/mol. The van der Waals surface area contributed by atoms with E-state index < -0.39 is 0 Å². The van der Waals surface area contributed by atoms with Crippen molar-refractivity contribution in [2.45, 2.75) is 31.3 Å². The first-order valence-electron chi connectivity index (χ1n) is 10.9. The molecule has 0 unspecified atom stereocenters. The molecule has 4 heterocycles. The molecule has 4 aromatic rings. The minimum absolute atomic E-state index is 0.173. The molecule has 0 radical (unpaired) electrons. The maximum atomic E-state index is 13.6. The molecule has 7 heteroatoms. The van der Waals surface area contributed by atoms with Crippen molar-refractivity contribution in [3.05, 3.63) is 66.2 Å². The summed E-state index contributed by atoms with van der Waals surface area (Å²) in [7, 11) is 0. The highest BCUT2D eigenvalue weighted by atomic mass is 32.2. The van der Waals surface area contributed by atoms with Crippen molar-refractivity contribution in [3.63, 3.8) is 0 Å². The quantitative estimate of drug-likeness (QED) is 0.299. The topological polar surface area (TPSA) is 38.4 Å². The van der Waals surface area contributed by atoms with Crippen LogP contribution in [-0.4, -0.2) is 49.5 Å². The van der Waals surface area contributed by atoms with Crippen LogP contribution >= 0.6 is 11.8 Å². The molecule has 0 N–H and O–H groups in total. The highest BCUT2D eigenvalue weighted by Crippen LogP contribution is 2.28. The molecule has 160 valence electrons. The predicted octanol–water partition coefficient (Wildman–Crippen LogP) is 5.11. The van der Waals surface area contributed by atoms with E-state index in [1.54, 1.807) is 23.9 Å². The minimum atomic E-state index is -0.173. The van der Waals surface area contributed by atoms with Gasteiger partial charge in [0.05, 0.1) is 5.52 Å². The van der Waals surface area contributed by atoms with Crippen molar-refractivity contribution in [2.24, 2.45) is 0 Å². The Morgan fingerprint density at radius 1 is 1.13 bits per heavy atom. The van der Waals surface area contributed by atoms with Crippen LogP contribution in [0.3, 0.4) is 0 Å². The summed E-state index contributed by atoms with van der Waals surface area (Å²) in [5.41, 5.74) is 4.58. The lowest BCUT2D eigenvalue weighted by molar-refractivity contribution is 0.301. The third-order valence-corrected chi connectivity index (χ3v) is 6.92. The molecule has 0 amide bonds. The first-order valence-corrected chi connectivity index (χ1v) is 11.9. The van der Waals surface area contributed by atoms with Crippen LogP contribution in [0.4, 0.5) is 4.39 Å². The molecule has 3 aromatic heterocycles. The third kappa shape index (κ3) is 4.12. The third-order valence-electron chi connectivity index (χ3n) is 5.89. The van der Waals surface area contributed by atoms with Gasteiger partial charge in [-0.15, -0.1) is 10.2 Å². The van der Waals surface area contributed by atoms with Crippen molar-refractivity contribution in [1.29, 1.82) is 0 Å². The molecule has 1 aliphatic rings. The largest absolute Gasteiger partial charge is 0.318 e. The summed E-state index contributed by atoms with van der Waals surface area (Å²) in [4.78, 5) is 2.50. The monoisotopic (exact) mass is 435 g/mol. The SMILES string of the molecule is CCc1cc2cc(F)ccc2n1C1=CCN(CCCSc2nnc3ccccn23)CC1. The number of nitrogens with zero attached hydrogens (tertiary/aromatic N) is 5. The van der Waals surface area contributed by atoms with Gasteiger partial charge in [-0.1, -0.05) is 30.8 Å². The second-order valence-corrected chi connectivity index (χ2v) is 8.95. The zero-order valence-corrected chi connectivity index (χ0v) is 18.5. The molecule has 5 nitrogen and oxygen atoms in total. The molecule has 0 atom stereocenters. The minimum Gasteiger partial charge on any atom is -0.318 e. The average molecular weight is 436 g/mol. The number of hydrogen-bond acceptors (Lipinski definition) is 4. The predicted molar refractivity (Wildman–Crippen MR) is 125 cm³/mol. The van der Waals surface area contributed by atoms with Gasteiger partial charge in [0.2, 0.25) is 0 Å². The first kappa shape index (κ1) is 20.3. The van der Waals surface area contributed by atoms with Crippen molar-refractivity contribution in [1.82, 2.24) is 24.1 Å².